The number of carbonyl (C=O) groups excluding carboxylic acids is 1. The van der Waals surface area contributed by atoms with Crippen LogP contribution in [-0.2, 0) is 15.4 Å². The SMILES string of the molecule is C=C/N=C1/C=CC(CC2CCN(CC3CC3)CC2)=N/C1=C(/N)Nc1cc(C(=O)Nc2cc(C(C)(C)C)cc(NS(C)(=O)=O)c2OC)ccc1C. The number of nitrogens with one attached hydrogen (secondary N) is 3. The summed E-state index contributed by atoms with van der Waals surface area (Å²) in [7, 11) is -2.19. The van der Waals surface area contributed by atoms with Gasteiger partial charge in [-0.2, -0.15) is 0 Å². The van der Waals surface area contributed by atoms with Gasteiger partial charge < -0.3 is 26.0 Å². The Morgan fingerprint density at radius 1 is 1.06 bits per heavy atom. The van der Waals surface area contributed by atoms with Gasteiger partial charge in [0.25, 0.3) is 5.91 Å². The third-order valence-electron chi connectivity index (χ3n) is 9.31. The van der Waals surface area contributed by atoms with E-state index in [1.165, 1.54) is 32.7 Å². The molecule has 5 N–H and O–H groups in total. The maximum atomic E-state index is 13.7. The summed E-state index contributed by atoms with van der Waals surface area (Å²) in [6.07, 6.45) is 12.5. The molecule has 0 bridgehead atoms. The molecule has 50 heavy (non-hydrogen) atoms. The van der Waals surface area contributed by atoms with Gasteiger partial charge >= 0.3 is 0 Å². The van der Waals surface area contributed by atoms with Crippen LogP contribution in [0.4, 0.5) is 17.1 Å². The Morgan fingerprint density at radius 2 is 1.76 bits per heavy atom. The molecule has 5 rings (SSSR count). The minimum atomic E-state index is -3.62. The average molecular weight is 702 g/mol. The molecule has 2 aromatic rings. The van der Waals surface area contributed by atoms with E-state index >= 15 is 0 Å². The first-order valence-corrected chi connectivity index (χ1v) is 19.1. The fraction of sp³-hybridized carbons (Fsp3) is 0.447. The van der Waals surface area contributed by atoms with Crippen molar-refractivity contribution in [3.8, 4) is 5.75 Å². The maximum absolute atomic E-state index is 13.7. The highest BCUT2D eigenvalue weighted by molar-refractivity contribution is 7.92. The Kier molecular flexibility index (Phi) is 11.2. The highest BCUT2D eigenvalue weighted by Gasteiger charge is 2.28. The summed E-state index contributed by atoms with van der Waals surface area (Å²) in [6, 6.07) is 8.78. The van der Waals surface area contributed by atoms with Gasteiger partial charge in [-0.25, -0.2) is 13.4 Å². The largest absolute Gasteiger partial charge is 0.492 e. The van der Waals surface area contributed by atoms with Gasteiger partial charge in [0.2, 0.25) is 10.0 Å². The van der Waals surface area contributed by atoms with Crippen molar-refractivity contribution < 1.29 is 17.9 Å². The van der Waals surface area contributed by atoms with E-state index in [4.69, 9.17) is 15.5 Å². The number of nitrogens with two attached hydrogens (primary N) is 1. The van der Waals surface area contributed by atoms with Crippen LogP contribution in [0.25, 0.3) is 0 Å². The minimum absolute atomic E-state index is 0.202. The summed E-state index contributed by atoms with van der Waals surface area (Å²) >= 11 is 0. The zero-order valence-corrected chi connectivity index (χ0v) is 30.9. The Hall–Kier alpha value is -4.42. The Balaban J connectivity index is 1.37. The van der Waals surface area contributed by atoms with Crippen LogP contribution in [-0.4, -0.2) is 63.6 Å². The number of piperidine rings is 1. The number of amides is 1. The van der Waals surface area contributed by atoms with Crippen molar-refractivity contribution in [2.24, 2.45) is 27.6 Å². The van der Waals surface area contributed by atoms with E-state index in [9.17, 15) is 13.2 Å². The Morgan fingerprint density at radius 3 is 2.38 bits per heavy atom. The number of hydrogen-bond donors (Lipinski definition) is 4. The van der Waals surface area contributed by atoms with Crippen molar-refractivity contribution in [3.05, 3.63) is 83.5 Å². The second kappa shape index (κ2) is 15.2. The van der Waals surface area contributed by atoms with Gasteiger partial charge in [-0.1, -0.05) is 33.4 Å². The van der Waals surface area contributed by atoms with Crippen molar-refractivity contribution in [1.29, 1.82) is 0 Å². The van der Waals surface area contributed by atoms with E-state index in [0.717, 1.165) is 61.4 Å². The van der Waals surface area contributed by atoms with Gasteiger partial charge in [0.1, 0.15) is 11.5 Å². The zero-order valence-electron chi connectivity index (χ0n) is 30.1. The number of rotatable bonds is 12. The second-order valence-electron chi connectivity index (χ2n) is 14.6. The molecule has 2 aliphatic heterocycles. The molecule has 0 spiro atoms. The number of anilines is 3. The van der Waals surface area contributed by atoms with Crippen LogP contribution in [0.5, 0.6) is 5.75 Å². The standard InChI is InChI=1S/C38H51N7O4S/c1-8-40-30-14-13-29(19-25-15-17-45(18-16-25)23-26-10-11-26)41-34(30)36(39)42-31-20-27(12-9-24(31)2)37(46)43-32-21-28(38(3,4)5)22-33(35(32)49-6)44-50(7,47)48/h8-9,12-14,20-22,25-26,42,44H,1,10-11,15-19,23,39H2,2-7H3,(H,43,46)/b36-34-,40-30-. The predicted molar refractivity (Wildman–Crippen MR) is 205 cm³/mol. The van der Waals surface area contributed by atoms with E-state index < -0.39 is 15.9 Å². The molecule has 2 aromatic carbocycles. The number of likely N-dealkylation sites (tertiary alicyclic amines) is 1. The number of carbonyl (C=O) groups is 1. The molecule has 11 nitrogen and oxygen atoms in total. The Labute approximate surface area is 296 Å². The molecular weight excluding hydrogens is 651 g/mol. The number of methoxy groups -OCH3 is 1. The van der Waals surface area contributed by atoms with Crippen LogP contribution >= 0.6 is 0 Å². The fourth-order valence-electron chi connectivity index (χ4n) is 6.29. The van der Waals surface area contributed by atoms with Crippen molar-refractivity contribution in [3.63, 3.8) is 0 Å². The van der Waals surface area contributed by atoms with E-state index in [0.29, 0.717) is 40.1 Å². The summed E-state index contributed by atoms with van der Waals surface area (Å²) in [5.74, 6) is 1.58. The highest BCUT2D eigenvalue weighted by atomic mass is 32.2. The Bertz CT molecular complexity index is 1860. The lowest BCUT2D eigenvalue weighted by atomic mass is 9.86. The van der Waals surface area contributed by atoms with Gasteiger partial charge in [-0.15, -0.1) is 0 Å². The molecule has 0 atom stereocenters. The van der Waals surface area contributed by atoms with Gasteiger partial charge in [-0.3, -0.25) is 14.5 Å². The summed E-state index contributed by atoms with van der Waals surface area (Å²) in [5.41, 5.74) is 11.7. The molecular formula is C38H51N7O4S. The number of ether oxygens (including phenoxy) is 1. The lowest BCUT2D eigenvalue weighted by Crippen LogP contribution is -2.35. The molecule has 1 saturated heterocycles. The van der Waals surface area contributed by atoms with Crippen molar-refractivity contribution in [2.45, 2.75) is 65.2 Å². The van der Waals surface area contributed by atoms with Gasteiger partial charge in [0.05, 0.1) is 30.5 Å². The highest BCUT2D eigenvalue weighted by Crippen LogP contribution is 2.39. The van der Waals surface area contributed by atoms with E-state index in [2.05, 4.69) is 31.8 Å². The van der Waals surface area contributed by atoms with Crippen molar-refractivity contribution >= 4 is 44.4 Å². The number of dihydropyridines is 1. The molecule has 0 unspecified atom stereocenters. The van der Waals surface area contributed by atoms with Crippen LogP contribution in [0, 0.1) is 18.8 Å². The van der Waals surface area contributed by atoms with Crippen LogP contribution in [0.1, 0.15) is 74.4 Å². The first kappa shape index (κ1) is 36.9. The first-order valence-electron chi connectivity index (χ1n) is 17.2. The molecule has 1 saturated carbocycles. The zero-order chi connectivity index (χ0) is 36.2. The van der Waals surface area contributed by atoms with E-state index in [1.54, 1.807) is 24.3 Å². The molecule has 0 radical (unpaired) electrons. The lowest BCUT2D eigenvalue weighted by molar-refractivity contribution is 0.102. The number of sulfonamides is 1. The molecule has 0 aromatic heterocycles. The summed E-state index contributed by atoms with van der Waals surface area (Å²) < 4.78 is 32.4. The molecule has 268 valence electrons. The van der Waals surface area contributed by atoms with Gasteiger partial charge in [0.15, 0.2) is 5.75 Å². The third kappa shape index (κ3) is 9.63. The topological polar surface area (TPSA) is 151 Å². The first-order chi connectivity index (χ1) is 23.6. The van der Waals surface area contributed by atoms with E-state index in [-0.39, 0.29) is 16.9 Å². The number of aryl methyl sites for hydroxylation is 1. The second-order valence-corrected chi connectivity index (χ2v) is 16.4. The molecule has 1 amide bonds. The quantitative estimate of drug-likeness (QED) is 0.195. The monoisotopic (exact) mass is 701 g/mol. The van der Waals surface area contributed by atoms with Gasteiger partial charge in [-0.05, 0) is 117 Å². The maximum Gasteiger partial charge on any atom is 0.255 e. The van der Waals surface area contributed by atoms with Crippen LogP contribution in [0.2, 0.25) is 0 Å². The smallest absolute Gasteiger partial charge is 0.255 e. The minimum Gasteiger partial charge on any atom is -0.492 e. The summed E-state index contributed by atoms with van der Waals surface area (Å²) in [5, 5.41) is 6.21. The molecule has 2 heterocycles. The van der Waals surface area contributed by atoms with Crippen molar-refractivity contribution in [2.75, 3.05) is 48.4 Å². The fourth-order valence-corrected chi connectivity index (χ4v) is 6.84. The normalized spacial score (nSPS) is 19.2. The third-order valence-corrected chi connectivity index (χ3v) is 9.90. The summed E-state index contributed by atoms with van der Waals surface area (Å²) in [6.45, 7) is 15.2. The average Bonchev–Trinajstić information content (AvgIpc) is 3.86. The van der Waals surface area contributed by atoms with Crippen molar-refractivity contribution in [1.82, 2.24) is 4.90 Å². The number of nitrogens with zero attached hydrogens (tertiary/aromatic N) is 3. The predicted octanol–water partition coefficient (Wildman–Crippen LogP) is 6.57. The molecule has 1 aliphatic carbocycles. The summed E-state index contributed by atoms with van der Waals surface area (Å²) in [4.78, 5) is 25.7. The van der Waals surface area contributed by atoms with Crippen LogP contribution in [0.15, 0.2) is 76.8 Å². The number of allylic oxidation sites excluding steroid dienone is 2. The van der Waals surface area contributed by atoms with Gasteiger partial charge in [0, 0.05) is 29.7 Å². The number of hydrogen-bond acceptors (Lipinski definition) is 9. The number of benzene rings is 2. The molecule has 2 fully saturated rings. The van der Waals surface area contributed by atoms with Crippen LogP contribution < -0.4 is 25.8 Å². The number of aliphatic imine (C=N–C) groups is 2. The lowest BCUT2D eigenvalue weighted by Gasteiger charge is -2.32. The molecule has 3 aliphatic rings. The van der Waals surface area contributed by atoms with E-state index in [1.807, 2.05) is 45.9 Å². The molecule has 12 heteroatoms. The van der Waals surface area contributed by atoms with Crippen LogP contribution in [0.3, 0.4) is 0 Å².